The summed E-state index contributed by atoms with van der Waals surface area (Å²) >= 11 is 9.11. The van der Waals surface area contributed by atoms with Crippen molar-refractivity contribution in [3.63, 3.8) is 0 Å². The number of aromatic nitrogens is 1. The molecule has 0 atom stereocenters. The van der Waals surface area contributed by atoms with Gasteiger partial charge in [-0.05, 0) is 23.8 Å². The predicted octanol–water partition coefficient (Wildman–Crippen LogP) is 4.80. The summed E-state index contributed by atoms with van der Waals surface area (Å²) in [6, 6.07) is 5.81. The van der Waals surface area contributed by atoms with Gasteiger partial charge in [-0.25, -0.2) is 4.98 Å². The fourth-order valence-corrected chi connectivity index (χ4v) is 2.06. The fourth-order valence-electron chi connectivity index (χ4n) is 1.46. The molecule has 0 radical (unpaired) electrons. The van der Waals surface area contributed by atoms with Crippen LogP contribution in [0.5, 0.6) is 0 Å². The van der Waals surface area contributed by atoms with Gasteiger partial charge in [0.15, 0.2) is 0 Å². The van der Waals surface area contributed by atoms with Gasteiger partial charge in [-0.1, -0.05) is 33.6 Å². The number of pyridine rings is 1. The van der Waals surface area contributed by atoms with Crippen LogP contribution in [0.15, 0.2) is 24.3 Å². The monoisotopic (exact) mass is 323 g/mol. The third kappa shape index (κ3) is 2.55. The van der Waals surface area contributed by atoms with E-state index in [9.17, 15) is 13.2 Å². The maximum Gasteiger partial charge on any atom is 0.433 e. The quantitative estimate of drug-likeness (QED) is 0.687. The van der Waals surface area contributed by atoms with Crippen LogP contribution in [0, 0.1) is 0 Å². The number of rotatable bonds is 1. The van der Waals surface area contributed by atoms with E-state index in [0.29, 0.717) is 10.7 Å². The van der Waals surface area contributed by atoms with Gasteiger partial charge in [0.05, 0.1) is 10.5 Å². The Morgan fingerprint density at radius 2 is 1.94 bits per heavy atom. The second kappa shape index (κ2) is 4.46. The first-order valence-electron chi connectivity index (χ1n) is 4.64. The maximum atomic E-state index is 12.5. The number of fused-ring (bicyclic) bond motifs is 1. The molecule has 1 heterocycles. The van der Waals surface area contributed by atoms with E-state index >= 15 is 0 Å². The van der Waals surface area contributed by atoms with Gasteiger partial charge in [0.25, 0.3) is 0 Å². The number of hydrogen-bond donors (Lipinski definition) is 0. The van der Waals surface area contributed by atoms with Gasteiger partial charge in [-0.15, -0.1) is 0 Å². The van der Waals surface area contributed by atoms with Crippen molar-refractivity contribution in [3.05, 3.63) is 40.5 Å². The van der Waals surface area contributed by atoms with Crippen LogP contribution in [0.2, 0.25) is 5.02 Å². The molecule has 0 aliphatic carbocycles. The minimum absolute atomic E-state index is 0.0603. The largest absolute Gasteiger partial charge is 0.433 e. The van der Waals surface area contributed by atoms with Crippen molar-refractivity contribution in [2.75, 3.05) is 0 Å². The predicted molar refractivity (Wildman–Crippen MR) is 64.4 cm³/mol. The van der Waals surface area contributed by atoms with Crippen molar-refractivity contribution in [3.8, 4) is 0 Å². The molecule has 0 aliphatic heterocycles. The minimum Gasteiger partial charge on any atom is -0.243 e. The van der Waals surface area contributed by atoms with E-state index < -0.39 is 11.9 Å². The van der Waals surface area contributed by atoms with E-state index in [1.165, 1.54) is 6.07 Å². The summed E-state index contributed by atoms with van der Waals surface area (Å²) in [5.74, 6) is 0. The highest BCUT2D eigenvalue weighted by atomic mass is 79.9. The van der Waals surface area contributed by atoms with Crippen LogP contribution in [0.4, 0.5) is 13.2 Å². The molecule has 0 N–H and O–H groups in total. The molecule has 0 unspecified atom stereocenters. The molecule has 0 bridgehead atoms. The molecule has 17 heavy (non-hydrogen) atoms. The molecule has 1 nitrogen and oxygen atoms in total. The van der Waals surface area contributed by atoms with Crippen LogP contribution in [0.3, 0.4) is 0 Å². The molecule has 0 saturated heterocycles. The molecule has 0 aliphatic rings. The van der Waals surface area contributed by atoms with E-state index in [1.54, 1.807) is 12.1 Å². The fraction of sp³-hybridized carbons (Fsp3) is 0.182. The number of hydrogen-bond acceptors (Lipinski definition) is 1. The van der Waals surface area contributed by atoms with E-state index in [4.69, 9.17) is 11.6 Å². The van der Waals surface area contributed by atoms with Crippen molar-refractivity contribution in [2.24, 2.45) is 0 Å². The van der Waals surface area contributed by atoms with Crippen LogP contribution in [0.1, 0.15) is 11.3 Å². The normalized spacial score (nSPS) is 12.1. The van der Waals surface area contributed by atoms with Crippen LogP contribution < -0.4 is 0 Å². The average Bonchev–Trinajstić information content (AvgIpc) is 2.27. The SMILES string of the molecule is FC(F)(F)c1cc(Cl)c2cc(CBr)ccc2n1. The van der Waals surface area contributed by atoms with E-state index in [0.717, 1.165) is 11.6 Å². The molecule has 0 spiro atoms. The van der Waals surface area contributed by atoms with Crippen molar-refractivity contribution in [2.45, 2.75) is 11.5 Å². The number of nitrogens with zero attached hydrogens (tertiary/aromatic N) is 1. The lowest BCUT2D eigenvalue weighted by molar-refractivity contribution is -0.140. The van der Waals surface area contributed by atoms with Crippen LogP contribution in [-0.2, 0) is 11.5 Å². The van der Waals surface area contributed by atoms with Crippen LogP contribution >= 0.6 is 27.5 Å². The molecule has 0 amide bonds. The first-order chi connectivity index (χ1) is 7.91. The third-order valence-corrected chi connectivity index (χ3v) is 3.23. The number of alkyl halides is 4. The minimum atomic E-state index is -4.48. The Labute approximate surface area is 109 Å². The first kappa shape index (κ1) is 12.6. The van der Waals surface area contributed by atoms with Gasteiger partial charge in [0.1, 0.15) is 5.69 Å². The highest BCUT2D eigenvalue weighted by Gasteiger charge is 2.33. The zero-order chi connectivity index (χ0) is 12.6. The Morgan fingerprint density at radius 3 is 2.53 bits per heavy atom. The van der Waals surface area contributed by atoms with Crippen LogP contribution in [0.25, 0.3) is 10.9 Å². The second-order valence-corrected chi connectivity index (χ2v) is 4.44. The second-order valence-electron chi connectivity index (χ2n) is 3.47. The Morgan fingerprint density at radius 1 is 1.24 bits per heavy atom. The summed E-state index contributed by atoms with van der Waals surface area (Å²) in [7, 11) is 0. The van der Waals surface area contributed by atoms with Gasteiger partial charge in [-0.3, -0.25) is 0 Å². The Hall–Kier alpha value is -0.810. The van der Waals surface area contributed by atoms with E-state index in [1.807, 2.05) is 0 Å². The molecular formula is C11H6BrClF3N. The van der Waals surface area contributed by atoms with E-state index in [2.05, 4.69) is 20.9 Å². The molecule has 0 fully saturated rings. The van der Waals surface area contributed by atoms with Gasteiger partial charge >= 0.3 is 6.18 Å². The molecule has 2 aromatic rings. The highest BCUT2D eigenvalue weighted by molar-refractivity contribution is 9.08. The lowest BCUT2D eigenvalue weighted by Gasteiger charge is -2.09. The summed E-state index contributed by atoms with van der Waals surface area (Å²) in [5, 5.41) is 1.20. The lowest BCUT2D eigenvalue weighted by Crippen LogP contribution is -2.07. The Balaban J connectivity index is 2.68. The van der Waals surface area contributed by atoms with Crippen molar-refractivity contribution >= 4 is 38.4 Å². The summed E-state index contributed by atoms with van der Waals surface area (Å²) in [6.07, 6.45) is -4.48. The molecular weight excluding hydrogens is 318 g/mol. The van der Waals surface area contributed by atoms with Gasteiger partial charge in [0, 0.05) is 10.7 Å². The summed E-state index contributed by atoms with van der Waals surface area (Å²) in [4.78, 5) is 3.56. The lowest BCUT2D eigenvalue weighted by atomic mass is 10.1. The third-order valence-electron chi connectivity index (χ3n) is 2.27. The zero-order valence-electron chi connectivity index (χ0n) is 8.35. The van der Waals surface area contributed by atoms with Crippen LogP contribution in [-0.4, -0.2) is 4.98 Å². The van der Waals surface area contributed by atoms with E-state index in [-0.39, 0.29) is 10.5 Å². The number of halogens is 5. The first-order valence-corrected chi connectivity index (χ1v) is 6.14. The summed E-state index contributed by atoms with van der Waals surface area (Å²) in [5.41, 5.74) is 0.206. The van der Waals surface area contributed by atoms with Crippen molar-refractivity contribution < 1.29 is 13.2 Å². The van der Waals surface area contributed by atoms with Gasteiger partial charge < -0.3 is 0 Å². The standard InChI is InChI=1S/C11H6BrClF3N/c12-5-6-1-2-9-7(3-6)8(13)4-10(17-9)11(14,15)16/h1-4H,5H2. The molecule has 1 aromatic carbocycles. The van der Waals surface area contributed by atoms with Gasteiger partial charge in [0.2, 0.25) is 0 Å². The molecule has 0 saturated carbocycles. The molecule has 2 rings (SSSR count). The summed E-state index contributed by atoms with van der Waals surface area (Å²) < 4.78 is 37.5. The maximum absolute atomic E-state index is 12.5. The molecule has 6 heteroatoms. The molecule has 1 aromatic heterocycles. The Bertz CT molecular complexity index is 568. The highest BCUT2D eigenvalue weighted by Crippen LogP contribution is 2.33. The summed E-state index contributed by atoms with van der Waals surface area (Å²) in [6.45, 7) is 0. The average molecular weight is 325 g/mol. The van der Waals surface area contributed by atoms with Gasteiger partial charge in [-0.2, -0.15) is 13.2 Å². The Kier molecular flexibility index (Phi) is 3.32. The van der Waals surface area contributed by atoms with Crippen molar-refractivity contribution in [1.29, 1.82) is 0 Å². The topological polar surface area (TPSA) is 12.9 Å². The molecule has 90 valence electrons. The number of benzene rings is 1. The van der Waals surface area contributed by atoms with Crippen molar-refractivity contribution in [1.82, 2.24) is 4.98 Å². The zero-order valence-corrected chi connectivity index (χ0v) is 10.7. The smallest absolute Gasteiger partial charge is 0.243 e.